The Labute approximate surface area is 176 Å². The van der Waals surface area contributed by atoms with Crippen molar-refractivity contribution in [3.8, 4) is 0 Å². The first-order valence-electron chi connectivity index (χ1n) is 9.60. The minimum atomic E-state index is 0. The van der Waals surface area contributed by atoms with Crippen LogP contribution in [-0.4, -0.2) is 64.9 Å². The predicted molar refractivity (Wildman–Crippen MR) is 120 cm³/mol. The van der Waals surface area contributed by atoms with Crippen molar-refractivity contribution in [2.24, 2.45) is 10.9 Å². The van der Waals surface area contributed by atoms with Crippen LogP contribution in [-0.2, 0) is 13.0 Å². The molecule has 1 unspecified atom stereocenters. The van der Waals surface area contributed by atoms with Crippen LogP contribution in [0, 0.1) is 5.92 Å². The van der Waals surface area contributed by atoms with Crippen LogP contribution in [0.2, 0.25) is 0 Å². The van der Waals surface area contributed by atoms with Gasteiger partial charge in [0.1, 0.15) is 12.2 Å². The Kier molecular flexibility index (Phi) is 13.7. The minimum absolute atomic E-state index is 0. The lowest BCUT2D eigenvalue weighted by Crippen LogP contribution is -2.48. The molecule has 0 spiro atoms. The summed E-state index contributed by atoms with van der Waals surface area (Å²) in [6.45, 7) is 15.8. The highest BCUT2D eigenvalue weighted by Gasteiger charge is 2.17. The molecule has 0 fully saturated rings. The van der Waals surface area contributed by atoms with E-state index in [1.807, 2.05) is 7.05 Å². The van der Waals surface area contributed by atoms with E-state index in [-0.39, 0.29) is 24.0 Å². The van der Waals surface area contributed by atoms with Gasteiger partial charge in [-0.25, -0.2) is 0 Å². The molecule has 0 aliphatic carbocycles. The summed E-state index contributed by atoms with van der Waals surface area (Å²) in [5.74, 6) is 2.55. The smallest absolute Gasteiger partial charge is 0.191 e. The summed E-state index contributed by atoms with van der Waals surface area (Å²) in [6, 6.07) is 0.526. The zero-order valence-electron chi connectivity index (χ0n) is 17.3. The molecule has 152 valence electrons. The number of halogens is 1. The summed E-state index contributed by atoms with van der Waals surface area (Å²) in [5.41, 5.74) is 0. The second kappa shape index (κ2) is 14.2. The van der Waals surface area contributed by atoms with Gasteiger partial charge in [0, 0.05) is 39.1 Å². The van der Waals surface area contributed by atoms with Crippen LogP contribution in [0.15, 0.2) is 11.3 Å². The molecule has 1 heterocycles. The molecule has 0 radical (unpaired) electrons. The summed E-state index contributed by atoms with van der Waals surface area (Å²) in [5, 5.41) is 15.0. The van der Waals surface area contributed by atoms with E-state index >= 15 is 0 Å². The van der Waals surface area contributed by atoms with Crippen molar-refractivity contribution >= 4 is 29.9 Å². The normalized spacial score (nSPS) is 13.0. The van der Waals surface area contributed by atoms with Gasteiger partial charge in [0.2, 0.25) is 0 Å². The molecular weight excluding hydrogens is 441 g/mol. The largest absolute Gasteiger partial charge is 0.355 e. The van der Waals surface area contributed by atoms with Crippen LogP contribution in [0.1, 0.15) is 46.9 Å². The lowest BCUT2D eigenvalue weighted by atomic mass is 10.0. The number of guanidine groups is 1. The van der Waals surface area contributed by atoms with Crippen LogP contribution < -0.4 is 10.6 Å². The van der Waals surface area contributed by atoms with E-state index in [9.17, 15) is 0 Å². The summed E-state index contributed by atoms with van der Waals surface area (Å²) >= 11 is 0. The number of nitrogens with one attached hydrogen (secondary N) is 2. The van der Waals surface area contributed by atoms with E-state index < -0.39 is 0 Å². The van der Waals surface area contributed by atoms with Crippen molar-refractivity contribution < 1.29 is 0 Å². The van der Waals surface area contributed by atoms with Gasteiger partial charge in [-0.05, 0) is 25.4 Å². The van der Waals surface area contributed by atoms with E-state index in [0.29, 0.717) is 12.0 Å². The first-order chi connectivity index (χ1) is 12.0. The van der Waals surface area contributed by atoms with E-state index in [1.54, 1.807) is 6.33 Å². The average molecular weight is 479 g/mol. The van der Waals surface area contributed by atoms with E-state index in [0.717, 1.165) is 50.9 Å². The first kappa shape index (κ1) is 25.1. The molecular formula is C18H38IN7. The molecule has 1 atom stereocenters. The Bertz CT molecular complexity index is 497. The van der Waals surface area contributed by atoms with Crippen molar-refractivity contribution in [3.05, 3.63) is 12.2 Å². The lowest BCUT2D eigenvalue weighted by Gasteiger charge is -2.31. The molecule has 1 aromatic rings. The SMILES string of the molecule is CCc1nncn1CCNC(=NC)NCC(CC(C)C)N(CC)CC.I. The van der Waals surface area contributed by atoms with Gasteiger partial charge in [0.05, 0.1) is 0 Å². The summed E-state index contributed by atoms with van der Waals surface area (Å²) in [6.07, 6.45) is 3.87. The molecule has 0 aromatic carbocycles. The Morgan fingerprint density at radius 2 is 1.92 bits per heavy atom. The highest BCUT2D eigenvalue weighted by Crippen LogP contribution is 2.10. The maximum atomic E-state index is 4.35. The van der Waals surface area contributed by atoms with Crippen LogP contribution >= 0.6 is 24.0 Å². The zero-order chi connectivity index (χ0) is 18.7. The number of aromatic nitrogens is 3. The van der Waals surface area contributed by atoms with E-state index in [1.165, 1.54) is 6.42 Å². The molecule has 1 aromatic heterocycles. The number of hydrogen-bond donors (Lipinski definition) is 2. The molecule has 2 N–H and O–H groups in total. The average Bonchev–Trinajstić information content (AvgIpc) is 3.05. The molecule has 0 bridgehead atoms. The van der Waals surface area contributed by atoms with Crippen LogP contribution in [0.4, 0.5) is 0 Å². The summed E-state index contributed by atoms with van der Waals surface area (Å²) in [7, 11) is 1.82. The molecule has 0 saturated heterocycles. The Morgan fingerprint density at radius 1 is 1.23 bits per heavy atom. The number of rotatable bonds is 11. The second-order valence-electron chi connectivity index (χ2n) is 6.68. The van der Waals surface area contributed by atoms with Gasteiger partial charge >= 0.3 is 0 Å². The lowest BCUT2D eigenvalue weighted by molar-refractivity contribution is 0.191. The van der Waals surface area contributed by atoms with Crippen molar-refractivity contribution in [2.45, 2.75) is 60.0 Å². The van der Waals surface area contributed by atoms with Crippen molar-refractivity contribution in [1.29, 1.82) is 0 Å². The van der Waals surface area contributed by atoms with Gasteiger partial charge in [-0.2, -0.15) is 0 Å². The van der Waals surface area contributed by atoms with Gasteiger partial charge < -0.3 is 15.2 Å². The Morgan fingerprint density at radius 3 is 2.46 bits per heavy atom. The van der Waals surface area contributed by atoms with Gasteiger partial charge in [-0.1, -0.05) is 34.6 Å². The summed E-state index contributed by atoms with van der Waals surface area (Å²) in [4.78, 5) is 6.87. The molecule has 26 heavy (non-hydrogen) atoms. The molecule has 0 aliphatic rings. The molecule has 0 aliphatic heterocycles. The maximum absolute atomic E-state index is 4.35. The van der Waals surface area contributed by atoms with Gasteiger partial charge in [-0.3, -0.25) is 9.89 Å². The number of aliphatic imine (C=N–C) groups is 1. The fraction of sp³-hybridized carbons (Fsp3) is 0.833. The quantitative estimate of drug-likeness (QED) is 0.290. The van der Waals surface area contributed by atoms with Crippen molar-refractivity contribution in [3.63, 3.8) is 0 Å². The highest BCUT2D eigenvalue weighted by atomic mass is 127. The third-order valence-corrected chi connectivity index (χ3v) is 4.46. The first-order valence-corrected chi connectivity index (χ1v) is 9.60. The zero-order valence-corrected chi connectivity index (χ0v) is 19.7. The number of hydrogen-bond acceptors (Lipinski definition) is 4. The van der Waals surface area contributed by atoms with Gasteiger partial charge in [0.15, 0.2) is 5.96 Å². The predicted octanol–water partition coefficient (Wildman–Crippen LogP) is 2.38. The fourth-order valence-electron chi connectivity index (χ4n) is 3.11. The number of aryl methyl sites for hydroxylation is 1. The molecule has 8 heteroatoms. The van der Waals surface area contributed by atoms with Crippen LogP contribution in [0.5, 0.6) is 0 Å². The third kappa shape index (κ3) is 8.66. The van der Waals surface area contributed by atoms with Crippen LogP contribution in [0.3, 0.4) is 0 Å². The maximum Gasteiger partial charge on any atom is 0.191 e. The Balaban J connectivity index is 0.00000625. The molecule has 0 amide bonds. The van der Waals surface area contributed by atoms with Gasteiger partial charge in [0.25, 0.3) is 0 Å². The topological polar surface area (TPSA) is 70.4 Å². The van der Waals surface area contributed by atoms with Crippen molar-refractivity contribution in [2.75, 3.05) is 33.2 Å². The second-order valence-corrected chi connectivity index (χ2v) is 6.68. The minimum Gasteiger partial charge on any atom is -0.355 e. The Hall–Kier alpha value is -0.900. The van der Waals surface area contributed by atoms with E-state index in [2.05, 4.69) is 69.9 Å². The van der Waals surface area contributed by atoms with Gasteiger partial charge in [-0.15, -0.1) is 34.2 Å². The van der Waals surface area contributed by atoms with E-state index in [4.69, 9.17) is 0 Å². The molecule has 0 saturated carbocycles. The van der Waals surface area contributed by atoms with Crippen molar-refractivity contribution in [1.82, 2.24) is 30.3 Å². The number of nitrogens with zero attached hydrogens (tertiary/aromatic N) is 5. The molecule has 1 rings (SSSR count). The fourth-order valence-corrected chi connectivity index (χ4v) is 3.11. The third-order valence-electron chi connectivity index (χ3n) is 4.46. The highest BCUT2D eigenvalue weighted by molar-refractivity contribution is 14.0. The monoisotopic (exact) mass is 479 g/mol. The summed E-state index contributed by atoms with van der Waals surface area (Å²) < 4.78 is 2.08. The molecule has 7 nitrogen and oxygen atoms in total. The standard InChI is InChI=1S/C18H37N7.HI/c1-7-17-23-22-14-25(17)11-10-20-18(19-6)21-13-16(12-15(4)5)24(8-2)9-3;/h14-16H,7-13H2,1-6H3,(H2,19,20,21);1H. The number of likely N-dealkylation sites (N-methyl/N-ethyl adjacent to an activating group) is 1. The van der Waals surface area contributed by atoms with Crippen LogP contribution in [0.25, 0.3) is 0 Å².